The van der Waals surface area contributed by atoms with Crippen molar-refractivity contribution in [3.05, 3.63) is 29.8 Å². The Kier molecular flexibility index (Phi) is 3.99. The van der Waals surface area contributed by atoms with Gasteiger partial charge in [0.05, 0.1) is 6.61 Å². The van der Waals surface area contributed by atoms with Crippen LogP contribution in [0.1, 0.15) is 31.2 Å². The molecule has 1 saturated carbocycles. The van der Waals surface area contributed by atoms with E-state index in [4.69, 9.17) is 10.5 Å². The van der Waals surface area contributed by atoms with Crippen LogP contribution >= 0.6 is 0 Å². The molecule has 0 aromatic heterocycles. The van der Waals surface area contributed by atoms with Crippen molar-refractivity contribution in [2.75, 3.05) is 39.1 Å². The van der Waals surface area contributed by atoms with Crippen LogP contribution in [0.15, 0.2) is 24.3 Å². The first-order valence-corrected chi connectivity index (χ1v) is 7.80. The standard InChI is InChI=1S/C17H26N2O/c1-19(11-14-3-2-10-20-12-14)13-17(8-9-17)15-4-6-16(18)7-5-15/h4-7,14H,2-3,8-13,18H2,1H3. The van der Waals surface area contributed by atoms with Crippen molar-refractivity contribution in [1.29, 1.82) is 0 Å². The lowest BCUT2D eigenvalue weighted by Gasteiger charge is -2.30. The van der Waals surface area contributed by atoms with Gasteiger partial charge in [-0.05, 0) is 56.3 Å². The van der Waals surface area contributed by atoms with E-state index in [1.54, 1.807) is 0 Å². The SMILES string of the molecule is CN(CC1CCCOC1)CC1(c2ccc(N)cc2)CC1. The molecule has 3 rings (SSSR count). The summed E-state index contributed by atoms with van der Waals surface area (Å²) in [4.78, 5) is 2.50. The minimum absolute atomic E-state index is 0.387. The molecule has 1 aliphatic carbocycles. The van der Waals surface area contributed by atoms with E-state index in [2.05, 4.69) is 24.1 Å². The molecule has 2 N–H and O–H groups in total. The van der Waals surface area contributed by atoms with Crippen LogP contribution in [0.4, 0.5) is 5.69 Å². The lowest BCUT2D eigenvalue weighted by molar-refractivity contribution is 0.0409. The van der Waals surface area contributed by atoms with Gasteiger partial charge in [-0.25, -0.2) is 0 Å². The molecule has 1 atom stereocenters. The average molecular weight is 274 g/mol. The van der Waals surface area contributed by atoms with E-state index in [1.165, 1.54) is 31.2 Å². The summed E-state index contributed by atoms with van der Waals surface area (Å²) in [6.07, 6.45) is 5.16. The van der Waals surface area contributed by atoms with Crippen molar-refractivity contribution < 1.29 is 4.74 Å². The zero-order valence-electron chi connectivity index (χ0n) is 12.5. The van der Waals surface area contributed by atoms with Crippen LogP contribution in [0, 0.1) is 5.92 Å². The number of likely N-dealkylation sites (N-methyl/N-ethyl adjacent to an activating group) is 1. The summed E-state index contributed by atoms with van der Waals surface area (Å²) >= 11 is 0. The maximum atomic E-state index is 5.79. The van der Waals surface area contributed by atoms with E-state index < -0.39 is 0 Å². The van der Waals surface area contributed by atoms with Crippen LogP contribution in [0.2, 0.25) is 0 Å². The minimum Gasteiger partial charge on any atom is -0.399 e. The average Bonchev–Trinajstić information content (AvgIpc) is 3.21. The van der Waals surface area contributed by atoms with Gasteiger partial charge in [0.2, 0.25) is 0 Å². The molecule has 1 aliphatic heterocycles. The highest BCUT2D eigenvalue weighted by Gasteiger charge is 2.44. The molecule has 1 unspecified atom stereocenters. The number of hydrogen-bond donors (Lipinski definition) is 1. The fourth-order valence-corrected chi connectivity index (χ4v) is 3.50. The Bertz CT molecular complexity index is 433. The van der Waals surface area contributed by atoms with Crippen LogP contribution in [0.5, 0.6) is 0 Å². The highest BCUT2D eigenvalue weighted by molar-refractivity contribution is 5.43. The number of benzene rings is 1. The fraction of sp³-hybridized carbons (Fsp3) is 0.647. The van der Waals surface area contributed by atoms with E-state index in [0.29, 0.717) is 5.41 Å². The molecule has 2 aliphatic rings. The Morgan fingerprint density at radius 2 is 2.05 bits per heavy atom. The molecule has 110 valence electrons. The van der Waals surface area contributed by atoms with Gasteiger partial charge < -0.3 is 15.4 Å². The van der Waals surface area contributed by atoms with E-state index in [1.807, 2.05) is 12.1 Å². The molecule has 3 heteroatoms. The molecule has 1 heterocycles. The summed E-state index contributed by atoms with van der Waals surface area (Å²) in [5, 5.41) is 0. The number of anilines is 1. The van der Waals surface area contributed by atoms with Crippen molar-refractivity contribution >= 4 is 5.69 Å². The normalized spacial score (nSPS) is 24.8. The third-order valence-electron chi connectivity index (χ3n) is 4.77. The lowest BCUT2D eigenvalue weighted by Crippen LogP contribution is -2.35. The summed E-state index contributed by atoms with van der Waals surface area (Å²) in [7, 11) is 2.26. The molecular formula is C17H26N2O. The molecule has 0 bridgehead atoms. The predicted octanol–water partition coefficient (Wildman–Crippen LogP) is 2.66. The smallest absolute Gasteiger partial charge is 0.0506 e. The first kappa shape index (κ1) is 13.9. The van der Waals surface area contributed by atoms with Crippen LogP contribution < -0.4 is 5.73 Å². The van der Waals surface area contributed by atoms with Gasteiger partial charge in [-0.3, -0.25) is 0 Å². The number of nitrogen functional groups attached to an aromatic ring is 1. The van der Waals surface area contributed by atoms with Crippen LogP contribution in [0.3, 0.4) is 0 Å². The second kappa shape index (κ2) is 5.74. The molecule has 0 amide bonds. The first-order chi connectivity index (χ1) is 9.68. The predicted molar refractivity (Wildman–Crippen MR) is 82.8 cm³/mol. The van der Waals surface area contributed by atoms with Gasteiger partial charge in [0.15, 0.2) is 0 Å². The Morgan fingerprint density at radius 3 is 2.65 bits per heavy atom. The van der Waals surface area contributed by atoms with Crippen LogP contribution in [-0.4, -0.2) is 38.3 Å². The van der Waals surface area contributed by atoms with E-state index in [-0.39, 0.29) is 0 Å². The Hall–Kier alpha value is -1.06. The molecule has 0 radical (unpaired) electrons. The van der Waals surface area contributed by atoms with Crippen molar-refractivity contribution in [2.45, 2.75) is 31.1 Å². The maximum absolute atomic E-state index is 5.79. The quantitative estimate of drug-likeness (QED) is 0.839. The summed E-state index contributed by atoms with van der Waals surface area (Å²) in [6, 6.07) is 8.48. The number of hydrogen-bond acceptors (Lipinski definition) is 3. The van der Waals surface area contributed by atoms with Crippen molar-refractivity contribution in [3.8, 4) is 0 Å². The summed E-state index contributed by atoms with van der Waals surface area (Å²) < 4.78 is 5.59. The number of nitrogens with two attached hydrogens (primary N) is 1. The topological polar surface area (TPSA) is 38.5 Å². The van der Waals surface area contributed by atoms with Crippen LogP contribution in [-0.2, 0) is 10.2 Å². The van der Waals surface area contributed by atoms with Crippen LogP contribution in [0.25, 0.3) is 0 Å². The number of nitrogens with zero attached hydrogens (tertiary/aromatic N) is 1. The Labute approximate surface area is 122 Å². The molecule has 1 saturated heterocycles. The third-order valence-corrected chi connectivity index (χ3v) is 4.77. The lowest BCUT2D eigenvalue weighted by atomic mass is 9.94. The summed E-state index contributed by atoms with van der Waals surface area (Å²) in [6.45, 7) is 4.22. The van der Waals surface area contributed by atoms with E-state index >= 15 is 0 Å². The zero-order chi connectivity index (χ0) is 14.0. The second-order valence-electron chi connectivity index (χ2n) is 6.68. The van der Waals surface area contributed by atoms with Gasteiger partial charge in [0, 0.05) is 30.8 Å². The second-order valence-corrected chi connectivity index (χ2v) is 6.68. The highest BCUT2D eigenvalue weighted by atomic mass is 16.5. The number of ether oxygens (including phenoxy) is 1. The highest BCUT2D eigenvalue weighted by Crippen LogP contribution is 2.48. The van der Waals surface area contributed by atoms with Crippen molar-refractivity contribution in [1.82, 2.24) is 4.90 Å². The zero-order valence-corrected chi connectivity index (χ0v) is 12.5. The van der Waals surface area contributed by atoms with Gasteiger partial charge in [0.25, 0.3) is 0 Å². The fourth-order valence-electron chi connectivity index (χ4n) is 3.50. The first-order valence-electron chi connectivity index (χ1n) is 7.80. The molecule has 0 spiro atoms. The molecule has 20 heavy (non-hydrogen) atoms. The Morgan fingerprint density at radius 1 is 1.30 bits per heavy atom. The molecule has 2 fully saturated rings. The minimum atomic E-state index is 0.387. The van der Waals surface area contributed by atoms with Gasteiger partial charge in [0.1, 0.15) is 0 Å². The van der Waals surface area contributed by atoms with Crippen molar-refractivity contribution in [3.63, 3.8) is 0 Å². The number of rotatable bonds is 5. The van der Waals surface area contributed by atoms with Gasteiger partial charge in [-0.2, -0.15) is 0 Å². The summed E-state index contributed by atoms with van der Waals surface area (Å²) in [5.74, 6) is 0.718. The summed E-state index contributed by atoms with van der Waals surface area (Å²) in [5.41, 5.74) is 8.49. The Balaban J connectivity index is 1.57. The third kappa shape index (κ3) is 3.15. The maximum Gasteiger partial charge on any atom is 0.0506 e. The monoisotopic (exact) mass is 274 g/mol. The van der Waals surface area contributed by atoms with E-state index in [9.17, 15) is 0 Å². The van der Waals surface area contributed by atoms with Crippen molar-refractivity contribution in [2.24, 2.45) is 5.92 Å². The molecule has 3 nitrogen and oxygen atoms in total. The van der Waals surface area contributed by atoms with Gasteiger partial charge in [-0.1, -0.05) is 12.1 Å². The van der Waals surface area contributed by atoms with Gasteiger partial charge >= 0.3 is 0 Å². The largest absolute Gasteiger partial charge is 0.399 e. The molecule has 1 aromatic rings. The van der Waals surface area contributed by atoms with Gasteiger partial charge in [-0.15, -0.1) is 0 Å². The molecule has 1 aromatic carbocycles. The molecular weight excluding hydrogens is 248 g/mol. The van der Waals surface area contributed by atoms with E-state index in [0.717, 1.165) is 37.9 Å².